The van der Waals surface area contributed by atoms with Crippen molar-refractivity contribution in [2.24, 2.45) is 0 Å². The van der Waals surface area contributed by atoms with Gasteiger partial charge in [0.2, 0.25) is 5.91 Å². The van der Waals surface area contributed by atoms with E-state index < -0.39 is 0 Å². The minimum absolute atomic E-state index is 0.0428. The van der Waals surface area contributed by atoms with Gasteiger partial charge in [-0.25, -0.2) is 9.67 Å². The van der Waals surface area contributed by atoms with E-state index in [4.69, 9.17) is 9.47 Å². The highest BCUT2D eigenvalue weighted by Crippen LogP contribution is 2.35. The van der Waals surface area contributed by atoms with Crippen molar-refractivity contribution in [2.75, 3.05) is 19.8 Å². The summed E-state index contributed by atoms with van der Waals surface area (Å²) in [6.45, 7) is 8.30. The molecule has 1 unspecified atom stereocenters. The maximum absolute atomic E-state index is 13.3. The van der Waals surface area contributed by atoms with Gasteiger partial charge >= 0.3 is 0 Å². The van der Waals surface area contributed by atoms with Gasteiger partial charge in [-0.15, -0.1) is 0 Å². The van der Waals surface area contributed by atoms with Crippen LogP contribution in [-0.2, 0) is 16.1 Å². The molecule has 150 valence electrons. The molecule has 1 aromatic carbocycles. The molecule has 1 fully saturated rings. The lowest BCUT2D eigenvalue weighted by Gasteiger charge is -2.39. The Morgan fingerprint density at radius 1 is 1.25 bits per heavy atom. The lowest BCUT2D eigenvalue weighted by atomic mass is 9.93. The van der Waals surface area contributed by atoms with Crippen molar-refractivity contribution in [2.45, 2.75) is 58.2 Å². The Bertz CT molecular complexity index is 857. The Labute approximate surface area is 165 Å². The van der Waals surface area contributed by atoms with E-state index in [0.717, 1.165) is 35.8 Å². The predicted molar refractivity (Wildman–Crippen MR) is 104 cm³/mol. The Balaban J connectivity index is 1.56. The van der Waals surface area contributed by atoms with Crippen molar-refractivity contribution < 1.29 is 14.3 Å². The summed E-state index contributed by atoms with van der Waals surface area (Å²) in [4.78, 5) is 19.6. The third-order valence-electron chi connectivity index (χ3n) is 5.69. The number of amides is 1. The Kier molecular flexibility index (Phi) is 5.10. The molecular weight excluding hydrogens is 356 g/mol. The molecule has 1 spiro atoms. The maximum Gasteiger partial charge on any atom is 0.225 e. The molecule has 28 heavy (non-hydrogen) atoms. The summed E-state index contributed by atoms with van der Waals surface area (Å²) >= 11 is 0. The zero-order valence-electron chi connectivity index (χ0n) is 16.9. The van der Waals surface area contributed by atoms with Gasteiger partial charge in [0, 0.05) is 31.4 Å². The third-order valence-corrected chi connectivity index (χ3v) is 5.69. The van der Waals surface area contributed by atoms with Gasteiger partial charge in [-0.2, -0.15) is 5.10 Å². The van der Waals surface area contributed by atoms with Gasteiger partial charge in [-0.1, -0.05) is 18.2 Å². The fourth-order valence-corrected chi connectivity index (χ4v) is 4.21. The molecular formula is C21H28N4O3. The van der Waals surface area contributed by atoms with E-state index in [0.29, 0.717) is 32.7 Å². The van der Waals surface area contributed by atoms with Gasteiger partial charge in [-0.3, -0.25) is 4.79 Å². The summed E-state index contributed by atoms with van der Waals surface area (Å²) in [5.41, 5.74) is 0.684. The monoisotopic (exact) mass is 384 g/mol. The van der Waals surface area contributed by atoms with Gasteiger partial charge in [0.25, 0.3) is 0 Å². The van der Waals surface area contributed by atoms with Crippen molar-refractivity contribution in [3.63, 3.8) is 0 Å². The number of carbonyl (C=O) groups excluding carboxylic acids is 1. The average molecular weight is 384 g/mol. The van der Waals surface area contributed by atoms with E-state index in [9.17, 15) is 4.79 Å². The van der Waals surface area contributed by atoms with Gasteiger partial charge in [0.15, 0.2) is 0 Å². The first-order valence-electron chi connectivity index (χ1n) is 9.98. The minimum Gasteiger partial charge on any atom is -0.485 e. The molecule has 1 amide bonds. The molecule has 2 aliphatic rings. The topological polar surface area (TPSA) is 69.5 Å². The summed E-state index contributed by atoms with van der Waals surface area (Å²) in [5, 5.41) is 4.44. The summed E-state index contributed by atoms with van der Waals surface area (Å²) < 4.78 is 13.9. The first-order valence-corrected chi connectivity index (χ1v) is 9.98. The van der Waals surface area contributed by atoms with Crippen molar-refractivity contribution >= 4 is 5.91 Å². The lowest BCUT2D eigenvalue weighted by molar-refractivity contribution is -0.137. The van der Waals surface area contributed by atoms with E-state index in [1.165, 1.54) is 0 Å². The molecule has 4 rings (SSSR count). The molecule has 0 N–H and O–H groups in total. The molecule has 0 saturated carbocycles. The van der Waals surface area contributed by atoms with Crippen LogP contribution in [0.5, 0.6) is 5.75 Å². The molecule has 0 aliphatic carbocycles. The zero-order valence-corrected chi connectivity index (χ0v) is 16.9. The van der Waals surface area contributed by atoms with Crippen LogP contribution in [0.1, 0.15) is 49.4 Å². The van der Waals surface area contributed by atoms with E-state index >= 15 is 0 Å². The summed E-state index contributed by atoms with van der Waals surface area (Å²) in [5.74, 6) is 2.57. The second-order valence-corrected chi connectivity index (χ2v) is 7.96. The molecule has 3 heterocycles. The van der Waals surface area contributed by atoms with E-state index in [1.807, 2.05) is 54.6 Å². The standard InChI is InChI=1S/C21H28N4O3/c1-15(25-17(3)22-16(2)23-25)12-20(26)24-13-18-6-4-5-7-19(18)28-21(14-24)8-10-27-11-9-21/h4-7,15H,8-14H2,1-3H3. The second kappa shape index (κ2) is 7.54. The number of nitrogens with zero attached hydrogens (tertiary/aromatic N) is 4. The zero-order chi connectivity index (χ0) is 19.7. The highest BCUT2D eigenvalue weighted by molar-refractivity contribution is 5.77. The van der Waals surface area contributed by atoms with Crippen LogP contribution in [0.25, 0.3) is 0 Å². The van der Waals surface area contributed by atoms with Crippen LogP contribution in [0.2, 0.25) is 0 Å². The van der Waals surface area contributed by atoms with Crippen LogP contribution in [-0.4, -0.2) is 50.9 Å². The van der Waals surface area contributed by atoms with Gasteiger partial charge in [0.05, 0.1) is 25.8 Å². The predicted octanol–water partition coefficient (Wildman–Crippen LogP) is 2.82. The SMILES string of the molecule is Cc1nc(C)n(C(C)CC(=O)N2Cc3ccccc3OC3(CCOCC3)C2)n1. The lowest BCUT2D eigenvalue weighted by Crippen LogP contribution is -2.51. The molecule has 1 saturated heterocycles. The van der Waals surface area contributed by atoms with Crippen LogP contribution >= 0.6 is 0 Å². The summed E-state index contributed by atoms with van der Waals surface area (Å²) in [6, 6.07) is 7.99. The number of aromatic nitrogens is 3. The summed E-state index contributed by atoms with van der Waals surface area (Å²) in [6.07, 6.45) is 1.97. The molecule has 1 atom stereocenters. The summed E-state index contributed by atoms with van der Waals surface area (Å²) in [7, 11) is 0. The Hall–Kier alpha value is -2.41. The highest BCUT2D eigenvalue weighted by atomic mass is 16.5. The second-order valence-electron chi connectivity index (χ2n) is 7.96. The first-order chi connectivity index (χ1) is 13.5. The van der Waals surface area contributed by atoms with Gasteiger partial charge < -0.3 is 14.4 Å². The number of hydrogen-bond donors (Lipinski definition) is 0. The van der Waals surface area contributed by atoms with Crippen molar-refractivity contribution in [3.8, 4) is 5.75 Å². The molecule has 0 radical (unpaired) electrons. The maximum atomic E-state index is 13.3. The number of ether oxygens (including phenoxy) is 2. The quantitative estimate of drug-likeness (QED) is 0.814. The first kappa shape index (κ1) is 18.9. The highest BCUT2D eigenvalue weighted by Gasteiger charge is 2.40. The fraction of sp³-hybridized carbons (Fsp3) is 0.571. The number of rotatable bonds is 3. The number of hydrogen-bond acceptors (Lipinski definition) is 5. The van der Waals surface area contributed by atoms with Crippen LogP contribution in [0.4, 0.5) is 0 Å². The van der Waals surface area contributed by atoms with Crippen molar-refractivity contribution in [1.82, 2.24) is 19.7 Å². The molecule has 1 aromatic heterocycles. The van der Waals surface area contributed by atoms with Crippen LogP contribution in [0.3, 0.4) is 0 Å². The van der Waals surface area contributed by atoms with Crippen LogP contribution in [0.15, 0.2) is 24.3 Å². The van der Waals surface area contributed by atoms with E-state index in [1.54, 1.807) is 0 Å². The van der Waals surface area contributed by atoms with Crippen LogP contribution in [0, 0.1) is 13.8 Å². The van der Waals surface area contributed by atoms with Crippen molar-refractivity contribution in [1.29, 1.82) is 0 Å². The van der Waals surface area contributed by atoms with E-state index in [2.05, 4.69) is 10.1 Å². The molecule has 0 bridgehead atoms. The number of benzene rings is 1. The number of aryl methyl sites for hydroxylation is 2. The molecule has 2 aliphatic heterocycles. The average Bonchev–Trinajstić information content (AvgIpc) is 2.92. The number of carbonyl (C=O) groups is 1. The largest absolute Gasteiger partial charge is 0.485 e. The number of para-hydroxylation sites is 1. The molecule has 7 heteroatoms. The smallest absolute Gasteiger partial charge is 0.225 e. The molecule has 7 nitrogen and oxygen atoms in total. The third kappa shape index (κ3) is 3.76. The van der Waals surface area contributed by atoms with E-state index in [-0.39, 0.29) is 17.6 Å². The van der Waals surface area contributed by atoms with Gasteiger partial charge in [0.1, 0.15) is 23.0 Å². The van der Waals surface area contributed by atoms with Crippen LogP contribution < -0.4 is 4.74 Å². The Morgan fingerprint density at radius 3 is 2.71 bits per heavy atom. The Morgan fingerprint density at radius 2 is 2.00 bits per heavy atom. The molecule has 2 aromatic rings. The fourth-order valence-electron chi connectivity index (χ4n) is 4.21. The number of fused-ring (bicyclic) bond motifs is 1. The van der Waals surface area contributed by atoms with Crippen molar-refractivity contribution in [3.05, 3.63) is 41.5 Å². The van der Waals surface area contributed by atoms with Gasteiger partial charge in [-0.05, 0) is 26.8 Å². The normalized spacial score (nSPS) is 19.6. The minimum atomic E-state index is -0.372.